The van der Waals surface area contributed by atoms with Gasteiger partial charge >= 0.3 is 6.03 Å². The third-order valence-electron chi connectivity index (χ3n) is 1.24. The summed E-state index contributed by atoms with van der Waals surface area (Å²) in [7, 11) is 0. The van der Waals surface area contributed by atoms with Crippen LogP contribution in [0.1, 0.15) is 19.8 Å². The second kappa shape index (κ2) is 5.76. The maximum atomic E-state index is 10.6. The summed E-state index contributed by atoms with van der Waals surface area (Å²) in [6.45, 7) is 2.88. The number of rotatable bonds is 4. The average Bonchev–Trinajstić information content (AvgIpc) is 1.89. The molecule has 0 spiro atoms. The van der Waals surface area contributed by atoms with E-state index >= 15 is 0 Å². The molecule has 0 saturated carbocycles. The fourth-order valence-corrected chi connectivity index (χ4v) is 1.26. The van der Waals surface area contributed by atoms with Crippen LogP contribution in [0.15, 0.2) is 0 Å². The van der Waals surface area contributed by atoms with Gasteiger partial charge in [-0.05, 0) is 6.42 Å². The summed E-state index contributed by atoms with van der Waals surface area (Å²) in [5.74, 6) is 0. The van der Waals surface area contributed by atoms with Gasteiger partial charge in [-0.1, -0.05) is 35.9 Å². The van der Waals surface area contributed by atoms with Crippen molar-refractivity contribution in [2.75, 3.05) is 11.1 Å². The summed E-state index contributed by atoms with van der Waals surface area (Å²) in [4.78, 5) is 12.2. The Kier molecular flexibility index (Phi) is 5.76. The molecule has 0 bridgehead atoms. The van der Waals surface area contributed by atoms with Gasteiger partial charge in [-0.3, -0.25) is 0 Å². The molecule has 60 valence electrons. The summed E-state index contributed by atoms with van der Waals surface area (Å²) >= 11 is 2.13. The van der Waals surface area contributed by atoms with Crippen molar-refractivity contribution in [3.63, 3.8) is 0 Å². The molecule has 0 aliphatic carbocycles. The largest absolute Gasteiger partial charge is 0.351 e. The third-order valence-corrected chi connectivity index (χ3v) is 2.06. The number of hydrogen-bond donors (Lipinski definition) is 1. The fourth-order valence-electron chi connectivity index (χ4n) is 0.578. The Morgan fingerprint density at radius 1 is 1.70 bits per heavy atom. The minimum atomic E-state index is -0.317. The molecule has 0 aliphatic heterocycles. The topological polar surface area (TPSA) is 46.3 Å². The molecule has 0 unspecified atom stereocenters. The molecule has 0 aromatic carbocycles. The number of amides is 2. The van der Waals surface area contributed by atoms with Crippen molar-refractivity contribution in [2.24, 2.45) is 5.73 Å². The Bertz CT molecular complexity index is 108. The highest BCUT2D eigenvalue weighted by molar-refractivity contribution is 14.1. The van der Waals surface area contributed by atoms with Crippen LogP contribution >= 0.6 is 22.6 Å². The number of nitrogens with zero attached hydrogens (tertiary/aromatic N) is 1. The predicted molar refractivity (Wildman–Crippen MR) is 50.1 cm³/mol. The zero-order valence-corrected chi connectivity index (χ0v) is 8.30. The lowest BCUT2D eigenvalue weighted by Crippen LogP contribution is -2.35. The zero-order chi connectivity index (χ0) is 7.98. The Morgan fingerprint density at radius 3 is 2.60 bits per heavy atom. The molecule has 3 nitrogen and oxygen atoms in total. The van der Waals surface area contributed by atoms with Gasteiger partial charge in [-0.15, -0.1) is 0 Å². The van der Waals surface area contributed by atoms with Gasteiger partial charge in [-0.25, -0.2) is 4.79 Å². The van der Waals surface area contributed by atoms with Crippen LogP contribution in [0.2, 0.25) is 0 Å². The van der Waals surface area contributed by atoms with Crippen LogP contribution in [-0.2, 0) is 0 Å². The molecule has 0 aromatic rings. The minimum Gasteiger partial charge on any atom is -0.351 e. The average molecular weight is 256 g/mol. The molecule has 0 radical (unpaired) electrons. The van der Waals surface area contributed by atoms with E-state index in [1.807, 2.05) is 0 Å². The van der Waals surface area contributed by atoms with Gasteiger partial charge in [0.05, 0.1) is 4.55 Å². The summed E-state index contributed by atoms with van der Waals surface area (Å²) in [6, 6.07) is -0.317. The van der Waals surface area contributed by atoms with E-state index in [2.05, 4.69) is 29.5 Å². The first-order valence-electron chi connectivity index (χ1n) is 3.32. The van der Waals surface area contributed by atoms with Crippen molar-refractivity contribution in [2.45, 2.75) is 19.8 Å². The van der Waals surface area contributed by atoms with Crippen molar-refractivity contribution in [1.82, 2.24) is 4.90 Å². The highest BCUT2D eigenvalue weighted by atomic mass is 127. The summed E-state index contributed by atoms with van der Waals surface area (Å²) in [6.07, 6.45) is 2.13. The third kappa shape index (κ3) is 3.92. The van der Waals surface area contributed by atoms with Gasteiger partial charge in [0.15, 0.2) is 0 Å². The Hall–Kier alpha value is 0. The van der Waals surface area contributed by atoms with Crippen LogP contribution in [0.25, 0.3) is 0 Å². The summed E-state index contributed by atoms with van der Waals surface area (Å²) in [5, 5.41) is 0. The van der Waals surface area contributed by atoms with Crippen molar-refractivity contribution >= 4 is 28.6 Å². The van der Waals surface area contributed by atoms with E-state index in [1.165, 1.54) is 0 Å². The van der Waals surface area contributed by atoms with E-state index in [0.29, 0.717) is 4.55 Å². The van der Waals surface area contributed by atoms with Crippen molar-refractivity contribution < 1.29 is 4.79 Å². The molecular formula is C6H13IN2O. The van der Waals surface area contributed by atoms with Gasteiger partial charge in [0, 0.05) is 6.54 Å². The fraction of sp³-hybridized carbons (Fsp3) is 0.833. The smallest absolute Gasteiger partial charge is 0.315 e. The Balaban J connectivity index is 3.50. The number of carbonyl (C=O) groups is 1. The molecule has 0 atom stereocenters. The monoisotopic (exact) mass is 256 g/mol. The molecule has 0 aliphatic rings. The first-order chi connectivity index (χ1) is 4.72. The molecule has 0 fully saturated rings. The van der Waals surface area contributed by atoms with Crippen molar-refractivity contribution in [3.8, 4) is 0 Å². The maximum Gasteiger partial charge on any atom is 0.315 e. The van der Waals surface area contributed by atoms with Crippen LogP contribution in [0.4, 0.5) is 4.79 Å². The summed E-state index contributed by atoms with van der Waals surface area (Å²) < 4.78 is 0.688. The first kappa shape index (κ1) is 10.0. The van der Waals surface area contributed by atoms with Gasteiger partial charge in [0.1, 0.15) is 0 Å². The van der Waals surface area contributed by atoms with Crippen LogP contribution in [0.5, 0.6) is 0 Å². The zero-order valence-electron chi connectivity index (χ0n) is 6.14. The van der Waals surface area contributed by atoms with Crippen LogP contribution in [0, 0.1) is 0 Å². The van der Waals surface area contributed by atoms with Crippen LogP contribution < -0.4 is 5.73 Å². The molecule has 2 N–H and O–H groups in total. The Labute approximate surface area is 75.1 Å². The predicted octanol–water partition coefficient (Wildman–Crippen LogP) is 1.56. The van der Waals surface area contributed by atoms with E-state index in [4.69, 9.17) is 5.73 Å². The second-order valence-electron chi connectivity index (χ2n) is 2.07. The lowest BCUT2D eigenvalue weighted by atomic mass is 10.3. The second-order valence-corrected chi connectivity index (χ2v) is 2.76. The van der Waals surface area contributed by atoms with Gasteiger partial charge in [0.2, 0.25) is 0 Å². The van der Waals surface area contributed by atoms with Gasteiger partial charge < -0.3 is 10.6 Å². The minimum absolute atomic E-state index is 0.317. The quantitative estimate of drug-likeness (QED) is 0.463. The Morgan fingerprint density at radius 2 is 2.30 bits per heavy atom. The van der Waals surface area contributed by atoms with Gasteiger partial charge in [-0.2, -0.15) is 0 Å². The highest BCUT2D eigenvalue weighted by Crippen LogP contribution is 1.97. The number of halogens is 1. The lowest BCUT2D eigenvalue weighted by Gasteiger charge is -2.15. The number of hydrogen-bond acceptors (Lipinski definition) is 1. The molecule has 0 saturated heterocycles. The van der Waals surface area contributed by atoms with Crippen molar-refractivity contribution in [3.05, 3.63) is 0 Å². The number of unbranched alkanes of at least 4 members (excludes halogenated alkanes) is 1. The number of urea groups is 1. The summed E-state index contributed by atoms with van der Waals surface area (Å²) in [5.41, 5.74) is 5.07. The van der Waals surface area contributed by atoms with Gasteiger partial charge in [0.25, 0.3) is 0 Å². The number of nitrogens with two attached hydrogens (primary N) is 1. The number of carbonyl (C=O) groups excluding carboxylic acids is 1. The molecule has 0 aromatic heterocycles. The SMILES string of the molecule is CCCCN(CI)C(N)=O. The molecule has 0 heterocycles. The van der Waals surface area contributed by atoms with Crippen LogP contribution in [0.3, 0.4) is 0 Å². The van der Waals surface area contributed by atoms with E-state index in [1.54, 1.807) is 4.90 Å². The molecule has 0 rings (SSSR count). The standard InChI is InChI=1S/C6H13IN2O/c1-2-3-4-9(5-7)6(8)10/h2-5H2,1H3,(H2,8,10). The molecular weight excluding hydrogens is 243 g/mol. The van der Waals surface area contributed by atoms with E-state index in [9.17, 15) is 4.79 Å². The van der Waals surface area contributed by atoms with Crippen molar-refractivity contribution in [1.29, 1.82) is 0 Å². The van der Waals surface area contributed by atoms with E-state index in [0.717, 1.165) is 19.4 Å². The highest BCUT2D eigenvalue weighted by Gasteiger charge is 2.04. The van der Waals surface area contributed by atoms with E-state index in [-0.39, 0.29) is 6.03 Å². The van der Waals surface area contributed by atoms with E-state index < -0.39 is 0 Å². The lowest BCUT2D eigenvalue weighted by molar-refractivity contribution is 0.217. The van der Waals surface area contributed by atoms with Crippen LogP contribution in [-0.4, -0.2) is 22.0 Å². The maximum absolute atomic E-state index is 10.6. The number of alkyl halides is 1. The number of primary amides is 1. The first-order valence-corrected chi connectivity index (χ1v) is 4.85. The molecule has 2 amide bonds. The normalized spacial score (nSPS) is 9.40. The molecule has 10 heavy (non-hydrogen) atoms. The molecule has 4 heteroatoms.